The number of carboxylic acids is 1. The summed E-state index contributed by atoms with van der Waals surface area (Å²) < 4.78 is 14.0. The fourth-order valence-corrected chi connectivity index (χ4v) is 2.61. The van der Waals surface area contributed by atoms with Crippen molar-refractivity contribution in [3.8, 4) is 0 Å². The van der Waals surface area contributed by atoms with E-state index in [4.69, 9.17) is 0 Å². The third-order valence-corrected chi connectivity index (χ3v) is 4.03. The van der Waals surface area contributed by atoms with Crippen molar-refractivity contribution in [2.24, 2.45) is 5.92 Å². The minimum Gasteiger partial charge on any atom is -0.548 e. The molecule has 0 aliphatic rings. The number of carbonyl (C=O) groups is 3. The van der Waals surface area contributed by atoms with Crippen molar-refractivity contribution in [2.75, 3.05) is 0 Å². The van der Waals surface area contributed by atoms with Gasteiger partial charge in [-0.25, -0.2) is 4.39 Å². The zero-order valence-electron chi connectivity index (χ0n) is 16.1. The number of hydrogen-bond donors (Lipinski definition) is 2. The Bertz CT molecular complexity index is 910. The summed E-state index contributed by atoms with van der Waals surface area (Å²) in [5, 5.41) is 16.1. The van der Waals surface area contributed by atoms with Gasteiger partial charge in [0.25, 0.3) is 11.8 Å². The SMILES string of the molecule is CC(C)C[C@H](NC(=O)/C(=C\c1ccccc1F)NC(=O)c1ccccc1)C(=O)[O-]. The molecule has 0 unspecified atom stereocenters. The summed E-state index contributed by atoms with van der Waals surface area (Å²) in [6, 6.07) is 12.6. The Balaban J connectivity index is 2.33. The number of benzene rings is 2. The van der Waals surface area contributed by atoms with Gasteiger partial charge in [0.15, 0.2) is 0 Å². The molecule has 2 aromatic rings. The molecule has 0 fully saturated rings. The standard InChI is InChI=1S/C22H23FN2O4/c1-14(2)12-19(22(28)29)25-21(27)18(13-16-10-6-7-11-17(16)23)24-20(26)15-8-4-3-5-9-15/h3-11,13-14,19H,12H2,1-2H3,(H,24,26)(H,25,27)(H,28,29)/p-1/b18-13+/t19-/m0/s1. The molecule has 2 amide bonds. The monoisotopic (exact) mass is 397 g/mol. The highest BCUT2D eigenvalue weighted by molar-refractivity contribution is 6.06. The number of carboxylic acid groups (broad SMARTS) is 1. The molecule has 2 rings (SSSR count). The predicted molar refractivity (Wildman–Crippen MR) is 105 cm³/mol. The van der Waals surface area contributed by atoms with E-state index in [1.165, 1.54) is 18.2 Å². The van der Waals surface area contributed by atoms with E-state index >= 15 is 0 Å². The van der Waals surface area contributed by atoms with Crippen molar-refractivity contribution < 1.29 is 23.9 Å². The molecule has 0 saturated heterocycles. The molecule has 29 heavy (non-hydrogen) atoms. The molecular weight excluding hydrogens is 375 g/mol. The molecule has 0 spiro atoms. The molecule has 0 bridgehead atoms. The second kappa shape index (κ2) is 10.2. The van der Waals surface area contributed by atoms with Crippen LogP contribution in [0.2, 0.25) is 0 Å². The normalized spacial score (nSPS) is 12.3. The lowest BCUT2D eigenvalue weighted by Gasteiger charge is -2.22. The summed E-state index contributed by atoms with van der Waals surface area (Å²) in [4.78, 5) is 36.5. The first-order valence-corrected chi connectivity index (χ1v) is 9.12. The zero-order valence-corrected chi connectivity index (χ0v) is 16.1. The highest BCUT2D eigenvalue weighted by atomic mass is 19.1. The van der Waals surface area contributed by atoms with Gasteiger partial charge < -0.3 is 20.5 Å². The molecule has 7 heteroatoms. The molecule has 0 aliphatic heterocycles. The van der Waals surface area contributed by atoms with Gasteiger partial charge in [-0.05, 0) is 36.6 Å². The van der Waals surface area contributed by atoms with Gasteiger partial charge in [0.1, 0.15) is 11.5 Å². The Morgan fingerprint density at radius 1 is 1.03 bits per heavy atom. The van der Waals surface area contributed by atoms with Crippen molar-refractivity contribution in [3.63, 3.8) is 0 Å². The summed E-state index contributed by atoms with van der Waals surface area (Å²) in [6.07, 6.45) is 1.31. The average molecular weight is 397 g/mol. The Hall–Kier alpha value is -3.48. The first kappa shape index (κ1) is 21.8. The van der Waals surface area contributed by atoms with E-state index in [1.54, 1.807) is 50.2 Å². The zero-order chi connectivity index (χ0) is 21.4. The van der Waals surface area contributed by atoms with Crippen LogP contribution in [0.5, 0.6) is 0 Å². The van der Waals surface area contributed by atoms with Crippen molar-refractivity contribution in [1.82, 2.24) is 10.6 Å². The molecule has 0 aromatic heterocycles. The van der Waals surface area contributed by atoms with Crippen LogP contribution in [0.4, 0.5) is 4.39 Å². The van der Waals surface area contributed by atoms with E-state index in [0.717, 1.165) is 6.08 Å². The first-order valence-electron chi connectivity index (χ1n) is 9.12. The average Bonchev–Trinajstić information content (AvgIpc) is 2.68. The molecule has 2 aromatic carbocycles. The third kappa shape index (κ3) is 6.57. The van der Waals surface area contributed by atoms with Crippen LogP contribution >= 0.6 is 0 Å². The van der Waals surface area contributed by atoms with Crippen molar-refractivity contribution in [2.45, 2.75) is 26.3 Å². The molecule has 0 saturated carbocycles. The van der Waals surface area contributed by atoms with Crippen LogP contribution in [-0.4, -0.2) is 23.8 Å². The Morgan fingerprint density at radius 3 is 2.24 bits per heavy atom. The van der Waals surface area contributed by atoms with Gasteiger partial charge in [0, 0.05) is 11.1 Å². The molecule has 2 N–H and O–H groups in total. The summed E-state index contributed by atoms with van der Waals surface area (Å²) in [5.74, 6) is -3.49. The second-order valence-electron chi connectivity index (χ2n) is 6.87. The fraction of sp³-hybridized carbons (Fsp3) is 0.227. The maximum absolute atomic E-state index is 14.0. The lowest BCUT2D eigenvalue weighted by Crippen LogP contribution is -2.50. The topological polar surface area (TPSA) is 98.3 Å². The van der Waals surface area contributed by atoms with E-state index in [2.05, 4.69) is 10.6 Å². The highest BCUT2D eigenvalue weighted by Gasteiger charge is 2.20. The summed E-state index contributed by atoms with van der Waals surface area (Å²) in [5.41, 5.74) is 0.0807. The fourth-order valence-electron chi connectivity index (χ4n) is 2.61. The summed E-state index contributed by atoms with van der Waals surface area (Å²) >= 11 is 0. The molecular formula is C22H22FN2O4-. The van der Waals surface area contributed by atoms with Crippen molar-refractivity contribution in [3.05, 3.63) is 77.2 Å². The molecule has 0 heterocycles. The van der Waals surface area contributed by atoms with Crippen LogP contribution in [0.3, 0.4) is 0 Å². The minimum absolute atomic E-state index is 0.0175. The maximum atomic E-state index is 14.0. The number of halogens is 1. The molecule has 0 radical (unpaired) electrons. The first-order chi connectivity index (χ1) is 13.8. The van der Waals surface area contributed by atoms with Gasteiger partial charge in [-0.1, -0.05) is 50.2 Å². The van der Waals surface area contributed by atoms with Gasteiger partial charge in [-0.2, -0.15) is 0 Å². The lowest BCUT2D eigenvalue weighted by molar-refractivity contribution is -0.308. The molecule has 152 valence electrons. The summed E-state index contributed by atoms with van der Waals surface area (Å²) in [7, 11) is 0. The van der Waals surface area contributed by atoms with Crippen LogP contribution in [0.1, 0.15) is 36.2 Å². The van der Waals surface area contributed by atoms with Gasteiger partial charge in [0.2, 0.25) is 0 Å². The molecule has 0 aliphatic carbocycles. The number of carbonyl (C=O) groups excluding carboxylic acids is 3. The molecule has 1 atom stereocenters. The van der Waals surface area contributed by atoms with E-state index < -0.39 is 29.6 Å². The van der Waals surface area contributed by atoms with Gasteiger partial charge in [-0.15, -0.1) is 0 Å². The van der Waals surface area contributed by atoms with E-state index in [9.17, 15) is 23.9 Å². The molecule has 6 nitrogen and oxygen atoms in total. The number of nitrogens with one attached hydrogen (secondary N) is 2. The third-order valence-electron chi connectivity index (χ3n) is 4.03. The van der Waals surface area contributed by atoms with Gasteiger partial charge in [-0.3, -0.25) is 9.59 Å². The van der Waals surface area contributed by atoms with Gasteiger partial charge >= 0.3 is 0 Å². The highest BCUT2D eigenvalue weighted by Crippen LogP contribution is 2.12. The number of aliphatic carboxylic acids is 1. The minimum atomic E-state index is -1.44. The Kier molecular flexibility index (Phi) is 7.65. The number of hydrogen-bond acceptors (Lipinski definition) is 4. The van der Waals surface area contributed by atoms with Crippen LogP contribution < -0.4 is 15.7 Å². The number of rotatable bonds is 8. The van der Waals surface area contributed by atoms with Crippen molar-refractivity contribution in [1.29, 1.82) is 0 Å². The van der Waals surface area contributed by atoms with E-state index in [0.29, 0.717) is 5.56 Å². The predicted octanol–water partition coefficient (Wildman–Crippen LogP) is 1.88. The van der Waals surface area contributed by atoms with Crippen LogP contribution in [-0.2, 0) is 9.59 Å². The quantitative estimate of drug-likeness (QED) is 0.665. The van der Waals surface area contributed by atoms with Crippen LogP contribution in [0, 0.1) is 11.7 Å². The lowest BCUT2D eigenvalue weighted by atomic mass is 10.0. The second-order valence-corrected chi connectivity index (χ2v) is 6.87. The smallest absolute Gasteiger partial charge is 0.268 e. The maximum Gasteiger partial charge on any atom is 0.268 e. The summed E-state index contributed by atoms with van der Waals surface area (Å²) in [6.45, 7) is 3.60. The Morgan fingerprint density at radius 2 is 1.66 bits per heavy atom. The van der Waals surface area contributed by atoms with E-state index in [1.807, 2.05) is 0 Å². The number of amides is 2. The van der Waals surface area contributed by atoms with Gasteiger partial charge in [0.05, 0.1) is 12.0 Å². The van der Waals surface area contributed by atoms with Crippen molar-refractivity contribution >= 4 is 23.9 Å². The van der Waals surface area contributed by atoms with Crippen LogP contribution in [0.15, 0.2) is 60.3 Å². The largest absolute Gasteiger partial charge is 0.548 e. The Labute approximate surface area is 168 Å². The van der Waals surface area contributed by atoms with E-state index in [-0.39, 0.29) is 23.6 Å². The van der Waals surface area contributed by atoms with Crippen LogP contribution in [0.25, 0.3) is 6.08 Å².